The first kappa shape index (κ1) is 17.4. The summed E-state index contributed by atoms with van der Waals surface area (Å²) in [5.41, 5.74) is 5.70. The van der Waals surface area contributed by atoms with Crippen molar-refractivity contribution in [2.75, 3.05) is 26.2 Å². The molecule has 0 aromatic heterocycles. The van der Waals surface area contributed by atoms with Crippen molar-refractivity contribution in [2.24, 2.45) is 17.1 Å². The fourth-order valence-electron chi connectivity index (χ4n) is 2.90. The lowest BCUT2D eigenvalue weighted by Crippen LogP contribution is -2.50. The van der Waals surface area contributed by atoms with Crippen molar-refractivity contribution >= 4 is 5.91 Å². The van der Waals surface area contributed by atoms with E-state index >= 15 is 0 Å². The average molecular weight is 284 g/mol. The molecule has 0 radical (unpaired) electrons. The number of hydrogen-bond donors (Lipinski definition) is 1. The van der Waals surface area contributed by atoms with E-state index in [4.69, 9.17) is 10.5 Å². The smallest absolute Gasteiger partial charge is 0.222 e. The Morgan fingerprint density at radius 3 is 2.50 bits per heavy atom. The zero-order valence-electron chi connectivity index (χ0n) is 13.9. The molecule has 1 aliphatic heterocycles. The van der Waals surface area contributed by atoms with Gasteiger partial charge in [-0.05, 0) is 44.6 Å². The molecule has 1 rings (SSSR count). The third kappa shape index (κ3) is 5.41. The SMILES string of the molecule is CC1(C)CN(C(=O)CCC(CCN)C(C)(C)C)CCO1. The first-order chi connectivity index (χ1) is 9.15. The number of ether oxygens (including phenoxy) is 1. The Hall–Kier alpha value is -0.610. The number of nitrogens with two attached hydrogens (primary N) is 1. The van der Waals surface area contributed by atoms with Crippen molar-refractivity contribution in [2.45, 2.75) is 59.5 Å². The number of carbonyl (C=O) groups is 1. The maximum Gasteiger partial charge on any atom is 0.222 e. The van der Waals surface area contributed by atoms with Crippen molar-refractivity contribution in [3.8, 4) is 0 Å². The molecule has 20 heavy (non-hydrogen) atoms. The van der Waals surface area contributed by atoms with Gasteiger partial charge in [0.25, 0.3) is 0 Å². The lowest BCUT2D eigenvalue weighted by molar-refractivity contribution is -0.146. The van der Waals surface area contributed by atoms with Crippen LogP contribution in [0.5, 0.6) is 0 Å². The third-order valence-corrected chi connectivity index (χ3v) is 4.22. The number of carbonyl (C=O) groups excluding carboxylic acids is 1. The first-order valence-corrected chi connectivity index (χ1v) is 7.77. The molecule has 0 aromatic rings. The molecule has 4 heteroatoms. The second-order valence-electron chi connectivity index (χ2n) is 7.60. The number of amides is 1. The minimum atomic E-state index is -0.214. The number of rotatable bonds is 5. The summed E-state index contributed by atoms with van der Waals surface area (Å²) in [4.78, 5) is 14.3. The fraction of sp³-hybridized carbons (Fsp3) is 0.938. The molecule has 1 heterocycles. The largest absolute Gasteiger partial charge is 0.372 e. The van der Waals surface area contributed by atoms with E-state index in [1.165, 1.54) is 0 Å². The molecule has 0 aliphatic carbocycles. The Labute approximate surface area is 124 Å². The molecular formula is C16H32N2O2. The monoisotopic (exact) mass is 284 g/mol. The van der Waals surface area contributed by atoms with Gasteiger partial charge in [-0.2, -0.15) is 0 Å². The number of hydrogen-bond acceptors (Lipinski definition) is 3. The Balaban J connectivity index is 2.49. The van der Waals surface area contributed by atoms with E-state index in [9.17, 15) is 4.79 Å². The van der Waals surface area contributed by atoms with Gasteiger partial charge < -0.3 is 15.4 Å². The topological polar surface area (TPSA) is 55.6 Å². The van der Waals surface area contributed by atoms with E-state index in [1.807, 2.05) is 18.7 Å². The van der Waals surface area contributed by atoms with Gasteiger partial charge in [-0.25, -0.2) is 0 Å². The van der Waals surface area contributed by atoms with Crippen LogP contribution in [0, 0.1) is 11.3 Å². The number of nitrogens with zero attached hydrogens (tertiary/aromatic N) is 1. The van der Waals surface area contributed by atoms with Gasteiger partial charge in [-0.1, -0.05) is 20.8 Å². The Morgan fingerprint density at radius 2 is 2.00 bits per heavy atom. The predicted octanol–water partition coefficient (Wildman–Crippen LogP) is 2.42. The molecular weight excluding hydrogens is 252 g/mol. The Morgan fingerprint density at radius 1 is 1.35 bits per heavy atom. The molecule has 1 amide bonds. The van der Waals surface area contributed by atoms with Crippen molar-refractivity contribution in [3.05, 3.63) is 0 Å². The van der Waals surface area contributed by atoms with Crippen LogP contribution >= 0.6 is 0 Å². The molecule has 1 aliphatic rings. The van der Waals surface area contributed by atoms with Crippen LogP contribution in [0.25, 0.3) is 0 Å². The quantitative estimate of drug-likeness (QED) is 0.843. The van der Waals surface area contributed by atoms with E-state index in [0.717, 1.165) is 19.4 Å². The van der Waals surface area contributed by atoms with Gasteiger partial charge >= 0.3 is 0 Å². The van der Waals surface area contributed by atoms with Crippen LogP contribution in [0.15, 0.2) is 0 Å². The van der Waals surface area contributed by atoms with E-state index in [1.54, 1.807) is 0 Å². The van der Waals surface area contributed by atoms with Crippen LogP contribution in [-0.4, -0.2) is 42.6 Å². The summed E-state index contributed by atoms with van der Waals surface area (Å²) >= 11 is 0. The summed E-state index contributed by atoms with van der Waals surface area (Å²) in [5, 5.41) is 0. The summed E-state index contributed by atoms with van der Waals surface area (Å²) in [6.45, 7) is 13.5. The van der Waals surface area contributed by atoms with E-state index in [0.29, 0.717) is 32.0 Å². The molecule has 118 valence electrons. The highest BCUT2D eigenvalue weighted by atomic mass is 16.5. The number of morpholine rings is 1. The van der Waals surface area contributed by atoms with Gasteiger partial charge in [0.2, 0.25) is 5.91 Å². The Kier molecular flexibility index (Phi) is 6.02. The zero-order chi connectivity index (χ0) is 15.4. The van der Waals surface area contributed by atoms with Crippen LogP contribution in [0.1, 0.15) is 53.9 Å². The highest BCUT2D eigenvalue weighted by Crippen LogP contribution is 2.32. The highest BCUT2D eigenvalue weighted by Gasteiger charge is 2.31. The van der Waals surface area contributed by atoms with Crippen molar-refractivity contribution < 1.29 is 9.53 Å². The summed E-state index contributed by atoms with van der Waals surface area (Å²) in [6, 6.07) is 0. The highest BCUT2D eigenvalue weighted by molar-refractivity contribution is 5.76. The van der Waals surface area contributed by atoms with Crippen LogP contribution in [-0.2, 0) is 9.53 Å². The minimum Gasteiger partial charge on any atom is -0.372 e. The molecule has 1 fully saturated rings. The molecule has 1 unspecified atom stereocenters. The van der Waals surface area contributed by atoms with Crippen LogP contribution in [0.4, 0.5) is 0 Å². The minimum absolute atomic E-state index is 0.212. The second kappa shape index (κ2) is 6.90. The second-order valence-corrected chi connectivity index (χ2v) is 7.60. The van der Waals surface area contributed by atoms with E-state index in [2.05, 4.69) is 20.8 Å². The van der Waals surface area contributed by atoms with Gasteiger partial charge in [-0.15, -0.1) is 0 Å². The lowest BCUT2D eigenvalue weighted by Gasteiger charge is -2.38. The summed E-state index contributed by atoms with van der Waals surface area (Å²) < 4.78 is 5.65. The van der Waals surface area contributed by atoms with Gasteiger partial charge in [0.1, 0.15) is 0 Å². The zero-order valence-corrected chi connectivity index (χ0v) is 13.9. The summed E-state index contributed by atoms with van der Waals surface area (Å²) in [5.74, 6) is 0.762. The molecule has 1 saturated heterocycles. The molecule has 0 spiro atoms. The fourth-order valence-corrected chi connectivity index (χ4v) is 2.90. The average Bonchev–Trinajstić information content (AvgIpc) is 2.31. The normalized spacial score (nSPS) is 20.8. The first-order valence-electron chi connectivity index (χ1n) is 7.77. The van der Waals surface area contributed by atoms with Gasteiger partial charge in [0, 0.05) is 19.5 Å². The van der Waals surface area contributed by atoms with Crippen LogP contribution in [0.3, 0.4) is 0 Å². The molecule has 2 N–H and O–H groups in total. The molecule has 0 bridgehead atoms. The van der Waals surface area contributed by atoms with Gasteiger partial charge in [0.15, 0.2) is 0 Å². The predicted molar refractivity (Wildman–Crippen MR) is 82.5 cm³/mol. The van der Waals surface area contributed by atoms with Crippen molar-refractivity contribution in [3.63, 3.8) is 0 Å². The maximum absolute atomic E-state index is 12.4. The lowest BCUT2D eigenvalue weighted by atomic mass is 9.76. The Bertz CT molecular complexity index is 321. The molecule has 1 atom stereocenters. The van der Waals surface area contributed by atoms with Crippen LogP contribution in [0.2, 0.25) is 0 Å². The summed E-state index contributed by atoms with van der Waals surface area (Å²) in [7, 11) is 0. The maximum atomic E-state index is 12.4. The van der Waals surface area contributed by atoms with Gasteiger partial charge in [-0.3, -0.25) is 4.79 Å². The van der Waals surface area contributed by atoms with E-state index < -0.39 is 0 Å². The molecule has 4 nitrogen and oxygen atoms in total. The molecule has 0 saturated carbocycles. The summed E-state index contributed by atoms with van der Waals surface area (Å²) in [6.07, 6.45) is 2.54. The van der Waals surface area contributed by atoms with Gasteiger partial charge in [0.05, 0.1) is 12.2 Å². The van der Waals surface area contributed by atoms with E-state index in [-0.39, 0.29) is 16.9 Å². The van der Waals surface area contributed by atoms with Crippen molar-refractivity contribution in [1.82, 2.24) is 4.90 Å². The van der Waals surface area contributed by atoms with Crippen molar-refractivity contribution in [1.29, 1.82) is 0 Å². The van der Waals surface area contributed by atoms with Crippen LogP contribution < -0.4 is 5.73 Å². The standard InChI is InChI=1S/C16H32N2O2/c1-15(2,3)13(8-9-17)6-7-14(19)18-10-11-20-16(4,5)12-18/h13H,6-12,17H2,1-5H3. The molecule has 0 aromatic carbocycles. The third-order valence-electron chi connectivity index (χ3n) is 4.22.